The molecule has 6 nitrogen and oxygen atoms in total. The summed E-state index contributed by atoms with van der Waals surface area (Å²) in [6, 6.07) is 18.9. The highest BCUT2D eigenvalue weighted by Gasteiger charge is 2.13. The predicted molar refractivity (Wildman–Crippen MR) is 120 cm³/mol. The average molecular weight is 442 g/mol. The number of hydrogen-bond donors (Lipinski definition) is 1. The summed E-state index contributed by atoms with van der Waals surface area (Å²) >= 11 is 6.33. The second kappa shape index (κ2) is 11.1. The highest BCUT2D eigenvalue weighted by molar-refractivity contribution is 6.32. The van der Waals surface area contributed by atoms with Crippen LogP contribution in [0.4, 0.5) is 0 Å². The molecule has 0 aliphatic heterocycles. The zero-order valence-corrected chi connectivity index (χ0v) is 18.1. The molecule has 162 valence electrons. The van der Waals surface area contributed by atoms with E-state index in [1.807, 2.05) is 55.5 Å². The minimum Gasteiger partial charge on any atom is -0.493 e. The molecular formula is C24H24ClNO5. The molecule has 0 bridgehead atoms. The maximum atomic E-state index is 8.72. The smallest absolute Gasteiger partial charge is 0.180 e. The van der Waals surface area contributed by atoms with E-state index >= 15 is 0 Å². The third kappa shape index (κ3) is 6.06. The molecule has 0 saturated heterocycles. The number of ether oxygens (including phenoxy) is 4. The predicted octanol–water partition coefficient (Wildman–Crippen LogP) is 5.71. The number of nitrogens with zero attached hydrogens (tertiary/aromatic N) is 1. The lowest BCUT2D eigenvalue weighted by Gasteiger charge is -2.15. The molecule has 31 heavy (non-hydrogen) atoms. The van der Waals surface area contributed by atoms with Gasteiger partial charge in [-0.1, -0.05) is 53.2 Å². The van der Waals surface area contributed by atoms with Gasteiger partial charge in [0.05, 0.1) is 25.0 Å². The molecule has 0 spiro atoms. The van der Waals surface area contributed by atoms with Gasteiger partial charge in [-0.2, -0.15) is 0 Å². The van der Waals surface area contributed by atoms with Crippen LogP contribution in [-0.2, 0) is 13.2 Å². The number of halogens is 1. The summed E-state index contributed by atoms with van der Waals surface area (Å²) in [4.78, 5) is 0. The molecule has 3 aromatic carbocycles. The van der Waals surface area contributed by atoms with E-state index in [9.17, 15) is 0 Å². The Labute approximate surface area is 186 Å². The second-order valence-electron chi connectivity index (χ2n) is 6.56. The number of hydrogen-bond acceptors (Lipinski definition) is 6. The van der Waals surface area contributed by atoms with E-state index in [1.165, 1.54) is 13.3 Å². The number of oxime groups is 1. The quantitative estimate of drug-likeness (QED) is 0.248. The van der Waals surface area contributed by atoms with Crippen LogP contribution in [0.5, 0.6) is 23.0 Å². The van der Waals surface area contributed by atoms with Gasteiger partial charge in [-0.3, -0.25) is 0 Å². The number of methoxy groups -OCH3 is 1. The van der Waals surface area contributed by atoms with Gasteiger partial charge in [-0.15, -0.1) is 0 Å². The minimum atomic E-state index is 0.253. The van der Waals surface area contributed by atoms with Crippen molar-refractivity contribution in [3.63, 3.8) is 0 Å². The fourth-order valence-corrected chi connectivity index (χ4v) is 3.22. The van der Waals surface area contributed by atoms with E-state index < -0.39 is 0 Å². The monoisotopic (exact) mass is 441 g/mol. The van der Waals surface area contributed by atoms with Gasteiger partial charge < -0.3 is 24.2 Å². The molecule has 0 amide bonds. The molecule has 0 unspecified atom stereocenters. The first-order chi connectivity index (χ1) is 15.1. The van der Waals surface area contributed by atoms with Crippen molar-refractivity contribution in [1.29, 1.82) is 0 Å². The van der Waals surface area contributed by atoms with Crippen molar-refractivity contribution >= 4 is 17.8 Å². The molecule has 0 heterocycles. The third-order valence-electron chi connectivity index (χ3n) is 4.39. The normalized spacial score (nSPS) is 10.8. The van der Waals surface area contributed by atoms with Crippen LogP contribution in [0.3, 0.4) is 0 Å². The Balaban J connectivity index is 1.74. The van der Waals surface area contributed by atoms with Gasteiger partial charge in [0.2, 0.25) is 0 Å². The van der Waals surface area contributed by atoms with Gasteiger partial charge in [0.1, 0.15) is 13.2 Å². The minimum absolute atomic E-state index is 0.253. The van der Waals surface area contributed by atoms with Crippen LogP contribution in [0.15, 0.2) is 65.8 Å². The maximum absolute atomic E-state index is 8.72. The van der Waals surface area contributed by atoms with E-state index in [0.29, 0.717) is 46.8 Å². The van der Waals surface area contributed by atoms with Crippen LogP contribution in [0, 0.1) is 0 Å². The zero-order valence-electron chi connectivity index (χ0n) is 17.4. The average Bonchev–Trinajstić information content (AvgIpc) is 2.78. The summed E-state index contributed by atoms with van der Waals surface area (Å²) in [6.07, 6.45) is 1.26. The SMILES string of the molecule is CCOc1cc(COc2c(Cl)cc(/C=N/O)cc2OC)ccc1OCc1ccccc1. The summed E-state index contributed by atoms with van der Waals surface area (Å²) in [7, 11) is 1.52. The molecule has 0 aliphatic carbocycles. The lowest BCUT2D eigenvalue weighted by Crippen LogP contribution is -2.03. The van der Waals surface area contributed by atoms with Crippen molar-refractivity contribution in [1.82, 2.24) is 0 Å². The third-order valence-corrected chi connectivity index (χ3v) is 4.67. The van der Waals surface area contributed by atoms with Crippen LogP contribution < -0.4 is 18.9 Å². The van der Waals surface area contributed by atoms with E-state index in [-0.39, 0.29) is 6.61 Å². The molecule has 0 aromatic heterocycles. The lowest BCUT2D eigenvalue weighted by atomic mass is 10.2. The second-order valence-corrected chi connectivity index (χ2v) is 6.96. The maximum Gasteiger partial charge on any atom is 0.180 e. The van der Waals surface area contributed by atoms with Crippen LogP contribution in [0.25, 0.3) is 0 Å². The van der Waals surface area contributed by atoms with Gasteiger partial charge in [-0.05, 0) is 42.3 Å². The molecule has 1 N–H and O–H groups in total. The molecule has 0 atom stereocenters. The number of benzene rings is 3. The Morgan fingerprint density at radius 3 is 2.35 bits per heavy atom. The number of rotatable bonds is 10. The molecule has 3 rings (SSSR count). The molecule has 0 aliphatic rings. The molecule has 7 heteroatoms. The Bertz CT molecular complexity index is 1020. The first-order valence-electron chi connectivity index (χ1n) is 9.74. The lowest BCUT2D eigenvalue weighted by molar-refractivity contribution is 0.265. The van der Waals surface area contributed by atoms with E-state index in [4.69, 9.17) is 35.8 Å². The fraction of sp³-hybridized carbons (Fsp3) is 0.208. The van der Waals surface area contributed by atoms with E-state index in [1.54, 1.807) is 12.1 Å². The molecule has 3 aromatic rings. The van der Waals surface area contributed by atoms with Gasteiger partial charge in [0, 0.05) is 5.56 Å². The van der Waals surface area contributed by atoms with Crippen molar-refractivity contribution in [2.24, 2.45) is 5.16 Å². The van der Waals surface area contributed by atoms with Gasteiger partial charge in [0.25, 0.3) is 0 Å². The van der Waals surface area contributed by atoms with E-state index in [2.05, 4.69) is 5.16 Å². The summed E-state index contributed by atoms with van der Waals surface area (Å²) < 4.78 is 23.0. The van der Waals surface area contributed by atoms with E-state index in [0.717, 1.165) is 11.1 Å². The van der Waals surface area contributed by atoms with Crippen LogP contribution >= 0.6 is 11.6 Å². The summed E-state index contributed by atoms with van der Waals surface area (Å²) in [6.45, 7) is 3.14. The van der Waals surface area contributed by atoms with Crippen LogP contribution in [0.2, 0.25) is 5.02 Å². The van der Waals surface area contributed by atoms with Crippen LogP contribution in [0.1, 0.15) is 23.6 Å². The Morgan fingerprint density at radius 2 is 1.65 bits per heavy atom. The Kier molecular flexibility index (Phi) is 8.01. The fourth-order valence-electron chi connectivity index (χ4n) is 2.94. The summed E-state index contributed by atoms with van der Waals surface area (Å²) in [5, 5.41) is 12.1. The van der Waals surface area contributed by atoms with Crippen molar-refractivity contribution < 1.29 is 24.2 Å². The van der Waals surface area contributed by atoms with Crippen molar-refractivity contribution in [2.75, 3.05) is 13.7 Å². The van der Waals surface area contributed by atoms with Gasteiger partial charge >= 0.3 is 0 Å². The highest BCUT2D eigenvalue weighted by Crippen LogP contribution is 2.37. The standard InChI is InChI=1S/C24H24ClNO5/c1-3-29-22-12-18(9-10-21(22)30-15-17-7-5-4-6-8-17)16-31-24-20(25)11-19(14-26-27)13-23(24)28-2/h4-14,27H,3,15-16H2,1-2H3/b26-14+. The molecular weight excluding hydrogens is 418 g/mol. The van der Waals surface area contributed by atoms with Gasteiger partial charge in [0.15, 0.2) is 23.0 Å². The first-order valence-corrected chi connectivity index (χ1v) is 10.1. The van der Waals surface area contributed by atoms with Crippen molar-refractivity contribution in [2.45, 2.75) is 20.1 Å². The summed E-state index contributed by atoms with van der Waals surface area (Å²) in [5.41, 5.74) is 2.55. The Hall–Kier alpha value is -3.38. The Morgan fingerprint density at radius 1 is 0.871 bits per heavy atom. The molecule has 0 saturated carbocycles. The van der Waals surface area contributed by atoms with Crippen molar-refractivity contribution in [3.8, 4) is 23.0 Å². The largest absolute Gasteiger partial charge is 0.493 e. The van der Waals surface area contributed by atoms with Crippen LogP contribution in [-0.4, -0.2) is 25.1 Å². The molecule has 0 radical (unpaired) electrons. The topological polar surface area (TPSA) is 69.5 Å². The molecule has 0 fully saturated rings. The first kappa shape index (κ1) is 22.3. The zero-order chi connectivity index (χ0) is 22.1. The van der Waals surface area contributed by atoms with Gasteiger partial charge in [-0.25, -0.2) is 0 Å². The van der Waals surface area contributed by atoms with Crippen molar-refractivity contribution in [3.05, 3.63) is 82.4 Å². The highest BCUT2D eigenvalue weighted by atomic mass is 35.5. The summed E-state index contributed by atoms with van der Waals surface area (Å²) in [5.74, 6) is 2.15.